The minimum absolute atomic E-state index is 0.254. The Balaban J connectivity index is 1.73. The molecule has 30 heavy (non-hydrogen) atoms. The van der Waals surface area contributed by atoms with Crippen molar-refractivity contribution >= 4 is 27.7 Å². The maximum absolute atomic E-state index is 13.4. The van der Waals surface area contributed by atoms with Crippen LogP contribution in [0, 0.1) is 5.82 Å². The molecule has 4 nitrogen and oxygen atoms in total. The van der Waals surface area contributed by atoms with Gasteiger partial charge < -0.3 is 9.47 Å². The Kier molecular flexibility index (Phi) is 4.77. The molecule has 1 amide bonds. The predicted molar refractivity (Wildman–Crippen MR) is 118 cm³/mol. The number of carbonyl (C=O) groups is 1. The average molecular weight is 474 g/mol. The molecule has 1 fully saturated rings. The highest BCUT2D eigenvalue weighted by molar-refractivity contribution is 9.10. The topological polar surface area (TPSA) is 38.8 Å². The Labute approximate surface area is 184 Å². The van der Waals surface area contributed by atoms with E-state index in [1.807, 2.05) is 39.0 Å². The lowest BCUT2D eigenvalue weighted by atomic mass is 9.52. The number of fused-ring (bicyclic) bond motifs is 3. The Bertz CT molecular complexity index is 1060. The van der Waals surface area contributed by atoms with E-state index in [4.69, 9.17) is 9.47 Å². The molecule has 0 aromatic heterocycles. The third-order valence-corrected chi connectivity index (χ3v) is 6.85. The van der Waals surface area contributed by atoms with Gasteiger partial charge in [-0.15, -0.1) is 0 Å². The second-order valence-corrected chi connectivity index (χ2v) is 10.1. The highest BCUT2D eigenvalue weighted by atomic mass is 79.9. The lowest BCUT2D eigenvalue weighted by Gasteiger charge is -2.56. The second kappa shape index (κ2) is 6.84. The molecule has 2 aromatic carbocycles. The molecule has 0 radical (unpaired) electrons. The molecule has 0 N–H and O–H groups in total. The van der Waals surface area contributed by atoms with Gasteiger partial charge in [0.2, 0.25) is 0 Å². The van der Waals surface area contributed by atoms with Gasteiger partial charge in [0.1, 0.15) is 17.2 Å². The first-order chi connectivity index (χ1) is 14.0. The first-order valence-electron chi connectivity index (χ1n) is 9.91. The molecule has 158 valence electrons. The van der Waals surface area contributed by atoms with E-state index < -0.39 is 11.1 Å². The molecule has 0 saturated heterocycles. The van der Waals surface area contributed by atoms with Crippen LogP contribution >= 0.6 is 15.9 Å². The molecule has 6 heteroatoms. The summed E-state index contributed by atoms with van der Waals surface area (Å²) in [6, 6.07) is 12.3. The molecule has 0 bridgehead atoms. The van der Waals surface area contributed by atoms with Gasteiger partial charge in [-0.05, 0) is 85.4 Å². The van der Waals surface area contributed by atoms with Crippen LogP contribution in [0.25, 0.3) is 0 Å². The summed E-state index contributed by atoms with van der Waals surface area (Å²) in [6.45, 7) is 9.81. The van der Waals surface area contributed by atoms with E-state index in [1.54, 1.807) is 17.2 Å². The van der Waals surface area contributed by atoms with Gasteiger partial charge in [0, 0.05) is 5.41 Å². The largest absolute Gasteiger partial charge is 0.464 e. The molecule has 0 unspecified atom stereocenters. The molecule has 1 heterocycles. The Morgan fingerprint density at radius 2 is 1.90 bits per heavy atom. The number of hydrogen-bond acceptors (Lipinski definition) is 3. The van der Waals surface area contributed by atoms with E-state index in [0.29, 0.717) is 10.2 Å². The van der Waals surface area contributed by atoms with Crippen LogP contribution in [-0.2, 0) is 10.2 Å². The van der Waals surface area contributed by atoms with Crippen LogP contribution in [0.2, 0.25) is 0 Å². The summed E-state index contributed by atoms with van der Waals surface area (Å²) in [5.74, 6) is 0.174. The van der Waals surface area contributed by atoms with Crippen molar-refractivity contribution in [3.8, 4) is 5.75 Å². The fourth-order valence-electron chi connectivity index (χ4n) is 4.55. The van der Waals surface area contributed by atoms with Gasteiger partial charge >= 0.3 is 6.09 Å². The maximum Gasteiger partial charge on any atom is 0.415 e. The number of nitrogens with zero attached hydrogens (tertiary/aromatic N) is 1. The van der Waals surface area contributed by atoms with Crippen molar-refractivity contribution < 1.29 is 18.7 Å². The summed E-state index contributed by atoms with van der Waals surface area (Å²) in [5.41, 5.74) is 1.48. The number of para-hydroxylation sites is 1. The highest BCUT2D eigenvalue weighted by Crippen LogP contribution is 2.65. The third-order valence-electron chi connectivity index (χ3n) is 6.23. The molecule has 2 aromatic rings. The van der Waals surface area contributed by atoms with Gasteiger partial charge in [-0.1, -0.05) is 25.1 Å². The van der Waals surface area contributed by atoms with Crippen LogP contribution in [0.3, 0.4) is 0 Å². The summed E-state index contributed by atoms with van der Waals surface area (Å²) >= 11 is 3.33. The number of benzene rings is 2. The summed E-state index contributed by atoms with van der Waals surface area (Å²) in [6.07, 6.45) is 2.05. The summed E-state index contributed by atoms with van der Waals surface area (Å²) in [4.78, 5) is 15.0. The van der Waals surface area contributed by atoms with Crippen LogP contribution in [0.5, 0.6) is 5.75 Å². The van der Waals surface area contributed by atoms with Crippen molar-refractivity contribution in [3.05, 3.63) is 70.2 Å². The SMILES string of the molecule is CC(C)(C)OC(=O)N1c2ccccc2[C@@]2(C)C/C(=C/Oc3ccc(F)cc3Br)[C@@]12C. The fourth-order valence-corrected chi connectivity index (χ4v) is 4.99. The zero-order chi connectivity index (χ0) is 21.9. The van der Waals surface area contributed by atoms with Gasteiger partial charge in [-0.25, -0.2) is 9.18 Å². The zero-order valence-corrected chi connectivity index (χ0v) is 19.3. The van der Waals surface area contributed by atoms with E-state index in [2.05, 4.69) is 35.8 Å². The number of amides is 1. The Morgan fingerprint density at radius 1 is 1.20 bits per heavy atom. The number of ether oxygens (including phenoxy) is 2. The molecule has 1 aliphatic heterocycles. The van der Waals surface area contributed by atoms with E-state index >= 15 is 0 Å². The van der Waals surface area contributed by atoms with Gasteiger partial charge in [0.25, 0.3) is 0 Å². The fraction of sp³-hybridized carbons (Fsp3) is 0.375. The van der Waals surface area contributed by atoms with Gasteiger partial charge in [-0.3, -0.25) is 4.90 Å². The van der Waals surface area contributed by atoms with Crippen molar-refractivity contribution in [1.82, 2.24) is 0 Å². The number of hydrogen-bond donors (Lipinski definition) is 0. The van der Waals surface area contributed by atoms with Gasteiger partial charge in [-0.2, -0.15) is 0 Å². The van der Waals surface area contributed by atoms with Gasteiger partial charge in [0.15, 0.2) is 0 Å². The number of rotatable bonds is 2. The van der Waals surface area contributed by atoms with Crippen LogP contribution in [0.1, 0.15) is 46.6 Å². The molecule has 0 spiro atoms. The predicted octanol–water partition coefficient (Wildman–Crippen LogP) is 6.73. The number of anilines is 1. The second-order valence-electron chi connectivity index (χ2n) is 9.25. The normalized spacial score (nSPS) is 26.1. The minimum atomic E-state index is -0.620. The van der Waals surface area contributed by atoms with Crippen molar-refractivity contribution in [3.63, 3.8) is 0 Å². The smallest absolute Gasteiger partial charge is 0.415 e. The van der Waals surface area contributed by atoms with E-state index in [0.717, 1.165) is 23.2 Å². The van der Waals surface area contributed by atoms with E-state index in [9.17, 15) is 9.18 Å². The summed E-state index contributed by atoms with van der Waals surface area (Å²) in [7, 11) is 0. The highest BCUT2D eigenvalue weighted by Gasteiger charge is 2.68. The van der Waals surface area contributed by atoms with Crippen molar-refractivity contribution in [2.45, 2.75) is 57.6 Å². The summed E-state index contributed by atoms with van der Waals surface area (Å²) < 4.78 is 25.6. The zero-order valence-electron chi connectivity index (χ0n) is 17.8. The lowest BCUT2D eigenvalue weighted by molar-refractivity contribution is 0.0503. The molecule has 2 atom stereocenters. The van der Waals surface area contributed by atoms with Crippen molar-refractivity contribution in [2.24, 2.45) is 0 Å². The molecule has 4 rings (SSSR count). The quantitative estimate of drug-likeness (QED) is 0.454. The molecule has 2 aliphatic rings. The molecule has 1 saturated carbocycles. The van der Waals surface area contributed by atoms with Crippen LogP contribution in [0.15, 0.2) is 58.8 Å². The van der Waals surface area contributed by atoms with Crippen LogP contribution < -0.4 is 9.64 Å². The van der Waals surface area contributed by atoms with E-state index in [-0.39, 0.29) is 17.3 Å². The Morgan fingerprint density at radius 3 is 2.57 bits per heavy atom. The van der Waals surface area contributed by atoms with Crippen molar-refractivity contribution in [1.29, 1.82) is 0 Å². The van der Waals surface area contributed by atoms with E-state index in [1.165, 1.54) is 12.1 Å². The monoisotopic (exact) mass is 473 g/mol. The molecular weight excluding hydrogens is 449 g/mol. The standard InChI is InChI=1S/C24H25BrFNO3/c1-22(2,3)30-21(28)27-19-9-7-6-8-17(19)23(4)13-15(24(23,27)5)14-29-20-11-10-16(26)12-18(20)25/h6-12,14H,13H2,1-5H3/b15-14-/t23-,24-/m1/s1. The minimum Gasteiger partial charge on any atom is -0.464 e. The molecular formula is C24H25BrFNO3. The maximum atomic E-state index is 13.4. The lowest BCUT2D eigenvalue weighted by Crippen LogP contribution is -2.66. The third kappa shape index (κ3) is 3.04. The first-order valence-corrected chi connectivity index (χ1v) is 10.7. The van der Waals surface area contributed by atoms with Gasteiger partial charge in [0.05, 0.1) is 22.0 Å². The molecule has 1 aliphatic carbocycles. The van der Waals surface area contributed by atoms with Crippen LogP contribution in [0.4, 0.5) is 14.9 Å². The number of carbonyl (C=O) groups excluding carboxylic acids is 1. The average Bonchev–Trinajstić information content (AvgIpc) is 2.79. The van der Waals surface area contributed by atoms with Crippen LogP contribution in [-0.4, -0.2) is 17.2 Å². The number of halogens is 2. The van der Waals surface area contributed by atoms with Crippen molar-refractivity contribution in [2.75, 3.05) is 4.90 Å². The summed E-state index contributed by atoms with van der Waals surface area (Å²) in [5, 5.41) is 0. The first kappa shape index (κ1) is 20.9. The Hall–Kier alpha value is -2.34.